The number of aryl methyl sites for hydroxylation is 2. The van der Waals surface area contributed by atoms with Crippen molar-refractivity contribution >= 4 is 16.9 Å². The summed E-state index contributed by atoms with van der Waals surface area (Å²) in [5.41, 5.74) is 3.11. The van der Waals surface area contributed by atoms with Crippen molar-refractivity contribution in [1.82, 2.24) is 24.2 Å². The Morgan fingerprint density at radius 1 is 1.32 bits per heavy atom. The van der Waals surface area contributed by atoms with Crippen molar-refractivity contribution in [3.05, 3.63) is 48.0 Å². The number of hydrogen-bond acceptors (Lipinski definition) is 3. The predicted octanol–water partition coefficient (Wildman–Crippen LogP) is 2.70. The van der Waals surface area contributed by atoms with Gasteiger partial charge in [0.1, 0.15) is 5.82 Å². The van der Waals surface area contributed by atoms with Crippen molar-refractivity contribution in [3.8, 4) is 0 Å². The summed E-state index contributed by atoms with van der Waals surface area (Å²) in [6.07, 6.45) is 6.07. The van der Waals surface area contributed by atoms with E-state index < -0.39 is 0 Å². The van der Waals surface area contributed by atoms with Crippen LogP contribution in [0.25, 0.3) is 11.0 Å². The van der Waals surface area contributed by atoms with E-state index in [0.717, 1.165) is 48.4 Å². The molecule has 0 unspecified atom stereocenters. The van der Waals surface area contributed by atoms with E-state index in [0.29, 0.717) is 6.42 Å². The van der Waals surface area contributed by atoms with Crippen LogP contribution in [-0.2, 0) is 24.8 Å². The first-order chi connectivity index (χ1) is 12.2. The number of aromatic nitrogens is 4. The van der Waals surface area contributed by atoms with Crippen LogP contribution in [0, 0.1) is 0 Å². The molecule has 2 aromatic heterocycles. The Balaban J connectivity index is 1.64. The first-order valence-electron chi connectivity index (χ1n) is 8.89. The Morgan fingerprint density at radius 3 is 2.92 bits per heavy atom. The SMILES string of the molecule is CCn1c([C@H]2CCCN2C(=O)Cc2cnn(C)c2)nc2ccccc21. The second-order valence-corrected chi connectivity index (χ2v) is 6.65. The molecule has 0 saturated carbocycles. The quantitative estimate of drug-likeness (QED) is 0.735. The van der Waals surface area contributed by atoms with E-state index >= 15 is 0 Å². The molecule has 3 aromatic rings. The highest BCUT2D eigenvalue weighted by Crippen LogP contribution is 2.33. The van der Waals surface area contributed by atoms with Gasteiger partial charge in [-0.2, -0.15) is 5.10 Å². The van der Waals surface area contributed by atoms with Crippen molar-refractivity contribution < 1.29 is 4.79 Å². The van der Waals surface area contributed by atoms with Crippen LogP contribution >= 0.6 is 0 Å². The molecule has 1 aromatic carbocycles. The molecule has 0 aliphatic carbocycles. The highest BCUT2D eigenvalue weighted by molar-refractivity contribution is 5.80. The molecule has 130 valence electrons. The Labute approximate surface area is 147 Å². The molecule has 1 atom stereocenters. The zero-order valence-electron chi connectivity index (χ0n) is 14.7. The summed E-state index contributed by atoms with van der Waals surface area (Å²) in [6.45, 7) is 3.79. The molecule has 1 aliphatic heterocycles. The average Bonchev–Trinajstić information content (AvgIpc) is 3.31. The van der Waals surface area contributed by atoms with Gasteiger partial charge >= 0.3 is 0 Å². The lowest BCUT2D eigenvalue weighted by molar-refractivity contribution is -0.131. The number of carbonyl (C=O) groups is 1. The number of likely N-dealkylation sites (tertiary alicyclic amines) is 1. The number of amides is 1. The molecule has 6 heteroatoms. The lowest BCUT2D eigenvalue weighted by Gasteiger charge is -2.25. The van der Waals surface area contributed by atoms with E-state index in [1.807, 2.05) is 36.3 Å². The van der Waals surface area contributed by atoms with Crippen LogP contribution in [0.1, 0.15) is 37.2 Å². The van der Waals surface area contributed by atoms with Gasteiger partial charge in [0.05, 0.1) is 29.7 Å². The molecule has 0 bridgehead atoms. The number of hydrogen-bond donors (Lipinski definition) is 0. The van der Waals surface area contributed by atoms with Crippen molar-refractivity contribution in [1.29, 1.82) is 0 Å². The van der Waals surface area contributed by atoms with E-state index in [4.69, 9.17) is 4.98 Å². The number of nitrogens with zero attached hydrogens (tertiary/aromatic N) is 5. The maximum Gasteiger partial charge on any atom is 0.227 e. The van der Waals surface area contributed by atoms with Gasteiger partial charge in [-0.15, -0.1) is 0 Å². The molecule has 1 amide bonds. The van der Waals surface area contributed by atoms with E-state index in [9.17, 15) is 4.79 Å². The van der Waals surface area contributed by atoms with Crippen LogP contribution < -0.4 is 0 Å². The van der Waals surface area contributed by atoms with Gasteiger partial charge in [0.2, 0.25) is 5.91 Å². The summed E-state index contributed by atoms with van der Waals surface area (Å²) in [5, 5.41) is 4.16. The first-order valence-corrected chi connectivity index (χ1v) is 8.89. The summed E-state index contributed by atoms with van der Waals surface area (Å²) in [5.74, 6) is 1.17. The first kappa shape index (κ1) is 15.9. The second-order valence-electron chi connectivity index (χ2n) is 6.65. The van der Waals surface area contributed by atoms with Crippen LogP contribution in [0.2, 0.25) is 0 Å². The second kappa shape index (κ2) is 6.35. The summed E-state index contributed by atoms with van der Waals surface area (Å²) >= 11 is 0. The van der Waals surface area contributed by atoms with Crippen molar-refractivity contribution in [2.24, 2.45) is 7.05 Å². The Hall–Kier alpha value is -2.63. The van der Waals surface area contributed by atoms with Crippen LogP contribution in [0.4, 0.5) is 0 Å². The van der Waals surface area contributed by atoms with Crippen molar-refractivity contribution in [3.63, 3.8) is 0 Å². The van der Waals surface area contributed by atoms with Gasteiger partial charge in [-0.05, 0) is 37.5 Å². The third kappa shape index (κ3) is 2.81. The van der Waals surface area contributed by atoms with Gasteiger partial charge < -0.3 is 9.47 Å². The van der Waals surface area contributed by atoms with E-state index in [1.54, 1.807) is 10.9 Å². The molecular formula is C19H23N5O. The number of benzene rings is 1. The monoisotopic (exact) mass is 337 g/mol. The zero-order chi connectivity index (χ0) is 17.4. The maximum absolute atomic E-state index is 12.9. The zero-order valence-corrected chi connectivity index (χ0v) is 14.7. The van der Waals surface area contributed by atoms with E-state index in [2.05, 4.69) is 22.7 Å². The molecule has 4 rings (SSSR count). The molecule has 1 aliphatic rings. The summed E-state index contributed by atoms with van der Waals surface area (Å²) < 4.78 is 3.98. The molecule has 6 nitrogen and oxygen atoms in total. The summed E-state index contributed by atoms with van der Waals surface area (Å²) in [7, 11) is 1.87. The molecule has 25 heavy (non-hydrogen) atoms. The number of carbonyl (C=O) groups excluding carboxylic acids is 1. The van der Waals surface area contributed by atoms with E-state index in [1.165, 1.54) is 0 Å². The Kier molecular flexibility index (Phi) is 4.03. The van der Waals surface area contributed by atoms with Gasteiger partial charge in [-0.3, -0.25) is 9.48 Å². The molecule has 0 spiro atoms. The smallest absolute Gasteiger partial charge is 0.227 e. The predicted molar refractivity (Wildman–Crippen MR) is 96.0 cm³/mol. The van der Waals surface area contributed by atoms with Crippen LogP contribution in [0.3, 0.4) is 0 Å². The van der Waals surface area contributed by atoms with Gasteiger partial charge in [0.15, 0.2) is 0 Å². The largest absolute Gasteiger partial charge is 0.332 e. The number of para-hydroxylation sites is 2. The highest BCUT2D eigenvalue weighted by Gasteiger charge is 2.33. The standard InChI is InChI=1S/C19H23N5O/c1-3-23-16-8-5-4-7-15(16)21-19(23)17-9-6-10-24(17)18(25)11-14-12-20-22(2)13-14/h4-5,7-8,12-13,17H,3,6,9-11H2,1-2H3/t17-/m1/s1. The van der Waals surface area contributed by atoms with Gasteiger partial charge in [-0.1, -0.05) is 12.1 Å². The van der Waals surface area contributed by atoms with Crippen LogP contribution in [-0.4, -0.2) is 36.7 Å². The van der Waals surface area contributed by atoms with Crippen LogP contribution in [0.15, 0.2) is 36.7 Å². The topological polar surface area (TPSA) is 56.0 Å². The third-order valence-electron chi connectivity index (χ3n) is 4.99. The Morgan fingerprint density at radius 2 is 2.16 bits per heavy atom. The molecule has 1 saturated heterocycles. The molecule has 3 heterocycles. The minimum absolute atomic E-state index is 0.0662. The lowest BCUT2D eigenvalue weighted by atomic mass is 10.2. The van der Waals surface area contributed by atoms with Gasteiger partial charge in [0.25, 0.3) is 0 Å². The average molecular weight is 337 g/mol. The number of rotatable bonds is 4. The number of imidazole rings is 1. The molecular weight excluding hydrogens is 314 g/mol. The summed E-state index contributed by atoms with van der Waals surface area (Å²) in [6, 6.07) is 8.27. The summed E-state index contributed by atoms with van der Waals surface area (Å²) in [4.78, 5) is 19.7. The van der Waals surface area contributed by atoms with Crippen molar-refractivity contribution in [2.75, 3.05) is 6.54 Å². The maximum atomic E-state index is 12.9. The van der Waals surface area contributed by atoms with E-state index in [-0.39, 0.29) is 11.9 Å². The molecule has 0 radical (unpaired) electrons. The normalized spacial score (nSPS) is 17.5. The highest BCUT2D eigenvalue weighted by atomic mass is 16.2. The molecule has 1 fully saturated rings. The minimum Gasteiger partial charge on any atom is -0.332 e. The minimum atomic E-state index is 0.0662. The fourth-order valence-electron chi connectivity index (χ4n) is 3.85. The third-order valence-corrected chi connectivity index (χ3v) is 4.99. The fourth-order valence-corrected chi connectivity index (χ4v) is 3.85. The lowest BCUT2D eigenvalue weighted by Crippen LogP contribution is -2.33. The Bertz CT molecular complexity index is 910. The van der Waals surface area contributed by atoms with Crippen molar-refractivity contribution in [2.45, 2.75) is 38.8 Å². The van der Waals surface area contributed by atoms with Gasteiger partial charge in [-0.25, -0.2) is 4.98 Å². The fraction of sp³-hybridized carbons (Fsp3) is 0.421. The van der Waals surface area contributed by atoms with Crippen LogP contribution in [0.5, 0.6) is 0 Å². The molecule has 0 N–H and O–H groups in total. The van der Waals surface area contributed by atoms with Gasteiger partial charge in [0, 0.05) is 26.3 Å². The number of fused-ring (bicyclic) bond motifs is 1.